The summed E-state index contributed by atoms with van der Waals surface area (Å²) in [5.74, 6) is 1.57. The lowest BCUT2D eigenvalue weighted by molar-refractivity contribution is -0.0502. The van der Waals surface area contributed by atoms with Crippen molar-refractivity contribution in [3.05, 3.63) is 35.9 Å². The average Bonchev–Trinajstić information content (AvgIpc) is 3.23. The first kappa shape index (κ1) is 22.5. The topological polar surface area (TPSA) is 52.6 Å². The summed E-state index contributed by atoms with van der Waals surface area (Å²) >= 11 is 0. The fourth-order valence-corrected chi connectivity index (χ4v) is 4.90. The van der Waals surface area contributed by atoms with E-state index in [1.165, 1.54) is 5.56 Å². The monoisotopic (exact) mass is 429 g/mol. The van der Waals surface area contributed by atoms with Crippen molar-refractivity contribution in [2.24, 2.45) is 10.9 Å². The van der Waals surface area contributed by atoms with E-state index in [9.17, 15) is 0 Å². The molecule has 7 heteroatoms. The van der Waals surface area contributed by atoms with Crippen LogP contribution in [0.5, 0.6) is 0 Å². The zero-order valence-corrected chi connectivity index (χ0v) is 19.2. The fraction of sp³-hybridized carbons (Fsp3) is 0.708. The van der Waals surface area contributed by atoms with Gasteiger partial charge in [0.1, 0.15) is 0 Å². The molecule has 4 rings (SSSR count). The molecule has 0 radical (unpaired) electrons. The summed E-state index contributed by atoms with van der Waals surface area (Å²) in [6.07, 6.45) is 0.257. The first-order chi connectivity index (χ1) is 15.2. The van der Waals surface area contributed by atoms with Crippen LogP contribution in [0.25, 0.3) is 0 Å². The van der Waals surface area contributed by atoms with Crippen molar-refractivity contribution < 1.29 is 9.47 Å². The number of hydrogen-bond donors (Lipinski definition) is 1. The molecule has 3 heterocycles. The van der Waals surface area contributed by atoms with Gasteiger partial charge >= 0.3 is 0 Å². The fourth-order valence-electron chi connectivity index (χ4n) is 4.90. The van der Waals surface area contributed by atoms with Gasteiger partial charge in [0.05, 0.1) is 32.0 Å². The van der Waals surface area contributed by atoms with E-state index in [1.807, 2.05) is 0 Å². The lowest BCUT2D eigenvalue weighted by atomic mass is 10.1. The molecule has 1 aromatic rings. The number of likely N-dealkylation sites (tertiary alicyclic amines) is 1. The lowest BCUT2D eigenvalue weighted by Gasteiger charge is -2.36. The van der Waals surface area contributed by atoms with E-state index in [0.29, 0.717) is 12.0 Å². The smallest absolute Gasteiger partial charge is 0.194 e. The zero-order valence-electron chi connectivity index (χ0n) is 19.2. The van der Waals surface area contributed by atoms with E-state index < -0.39 is 0 Å². The number of nitrogens with one attached hydrogen (secondary N) is 1. The van der Waals surface area contributed by atoms with Crippen LogP contribution in [0.2, 0.25) is 0 Å². The molecule has 3 atom stereocenters. The highest BCUT2D eigenvalue weighted by molar-refractivity contribution is 5.80. The molecule has 3 aliphatic heterocycles. The van der Waals surface area contributed by atoms with Gasteiger partial charge in [-0.15, -0.1) is 0 Å². The van der Waals surface area contributed by atoms with Gasteiger partial charge in [-0.2, -0.15) is 0 Å². The summed E-state index contributed by atoms with van der Waals surface area (Å²) in [5, 5.41) is 3.53. The second kappa shape index (κ2) is 11.3. The van der Waals surface area contributed by atoms with Crippen LogP contribution in [0.1, 0.15) is 19.4 Å². The number of morpholine rings is 2. The van der Waals surface area contributed by atoms with Gasteiger partial charge in [0.2, 0.25) is 0 Å². The predicted molar refractivity (Wildman–Crippen MR) is 124 cm³/mol. The minimum absolute atomic E-state index is 0.257. The third-order valence-corrected chi connectivity index (χ3v) is 6.51. The summed E-state index contributed by atoms with van der Waals surface area (Å²) in [6, 6.07) is 11.2. The second-order valence-corrected chi connectivity index (χ2v) is 9.05. The maximum absolute atomic E-state index is 6.17. The van der Waals surface area contributed by atoms with Crippen molar-refractivity contribution in [2.75, 3.05) is 72.2 Å². The van der Waals surface area contributed by atoms with E-state index in [1.54, 1.807) is 0 Å². The quantitative estimate of drug-likeness (QED) is 0.524. The van der Waals surface area contributed by atoms with Gasteiger partial charge in [-0.1, -0.05) is 37.3 Å². The van der Waals surface area contributed by atoms with Crippen LogP contribution in [0.3, 0.4) is 0 Å². The van der Waals surface area contributed by atoms with E-state index in [2.05, 4.69) is 64.2 Å². The number of aliphatic imine (C=N–C) groups is 1. The van der Waals surface area contributed by atoms with Crippen molar-refractivity contribution in [3.8, 4) is 0 Å². The molecule has 3 aliphatic rings. The van der Waals surface area contributed by atoms with Crippen molar-refractivity contribution in [3.63, 3.8) is 0 Å². The molecule has 0 spiro atoms. The molecule has 0 aliphatic carbocycles. The van der Waals surface area contributed by atoms with Crippen molar-refractivity contribution in [1.29, 1.82) is 0 Å². The highest BCUT2D eigenvalue weighted by atomic mass is 16.5. The van der Waals surface area contributed by atoms with Crippen LogP contribution in [0.15, 0.2) is 35.3 Å². The Bertz CT molecular complexity index is 694. The lowest BCUT2D eigenvalue weighted by Crippen LogP contribution is -2.50. The Kier molecular flexibility index (Phi) is 8.19. The van der Waals surface area contributed by atoms with Crippen molar-refractivity contribution in [2.45, 2.75) is 32.5 Å². The van der Waals surface area contributed by atoms with Crippen LogP contribution in [-0.4, -0.2) is 105 Å². The third-order valence-electron chi connectivity index (χ3n) is 6.51. The Hall–Kier alpha value is -1.67. The maximum Gasteiger partial charge on any atom is 0.194 e. The van der Waals surface area contributed by atoms with Gasteiger partial charge in [-0.25, -0.2) is 0 Å². The molecule has 3 saturated heterocycles. The summed E-state index contributed by atoms with van der Waals surface area (Å²) < 4.78 is 11.6. The van der Waals surface area contributed by atoms with E-state index in [4.69, 9.17) is 14.5 Å². The van der Waals surface area contributed by atoms with E-state index in [-0.39, 0.29) is 6.10 Å². The first-order valence-electron chi connectivity index (χ1n) is 12.0. The molecule has 1 N–H and O–H groups in total. The second-order valence-electron chi connectivity index (χ2n) is 9.05. The Morgan fingerprint density at radius 2 is 1.94 bits per heavy atom. The Morgan fingerprint density at radius 1 is 1.13 bits per heavy atom. The van der Waals surface area contributed by atoms with Gasteiger partial charge in [0.15, 0.2) is 5.96 Å². The minimum Gasteiger partial charge on any atom is -0.379 e. The standard InChI is InChI=1S/C24H39N5O2/c1-3-25-24(26-15-20(2)16-27-9-12-30-13-10-27)29-18-22-23(19-29)31-14-11-28(22)17-21-7-5-4-6-8-21/h4-8,20,22-23H,3,9-19H2,1-2H3,(H,25,26). The van der Waals surface area contributed by atoms with Gasteiger partial charge in [0.25, 0.3) is 0 Å². The summed E-state index contributed by atoms with van der Waals surface area (Å²) in [5.41, 5.74) is 1.37. The van der Waals surface area contributed by atoms with E-state index in [0.717, 1.165) is 84.7 Å². The number of benzene rings is 1. The molecule has 1 aromatic carbocycles. The van der Waals surface area contributed by atoms with Gasteiger partial charge in [0, 0.05) is 58.9 Å². The predicted octanol–water partition coefficient (Wildman–Crippen LogP) is 1.51. The summed E-state index contributed by atoms with van der Waals surface area (Å²) in [6.45, 7) is 15.7. The van der Waals surface area contributed by atoms with Crippen LogP contribution in [0, 0.1) is 5.92 Å². The molecule has 3 unspecified atom stereocenters. The molecule has 0 aromatic heterocycles. The van der Waals surface area contributed by atoms with Crippen LogP contribution >= 0.6 is 0 Å². The third kappa shape index (κ3) is 6.19. The Labute approximate surface area is 187 Å². The number of rotatable bonds is 7. The van der Waals surface area contributed by atoms with Crippen LogP contribution in [0.4, 0.5) is 0 Å². The van der Waals surface area contributed by atoms with Gasteiger partial charge in [-0.3, -0.25) is 14.8 Å². The molecule has 0 bridgehead atoms. The Morgan fingerprint density at radius 3 is 2.71 bits per heavy atom. The molecular weight excluding hydrogens is 390 g/mol. The number of nitrogens with zero attached hydrogens (tertiary/aromatic N) is 4. The summed E-state index contributed by atoms with van der Waals surface area (Å²) in [4.78, 5) is 12.5. The molecule has 31 heavy (non-hydrogen) atoms. The SMILES string of the molecule is CCNC(=NCC(C)CN1CCOCC1)N1CC2OCCN(Cc3ccccc3)C2C1. The highest BCUT2D eigenvalue weighted by Crippen LogP contribution is 2.24. The molecule has 172 valence electrons. The van der Waals surface area contributed by atoms with Crippen LogP contribution in [-0.2, 0) is 16.0 Å². The van der Waals surface area contributed by atoms with Gasteiger partial charge in [-0.05, 0) is 18.4 Å². The van der Waals surface area contributed by atoms with Gasteiger partial charge < -0.3 is 19.7 Å². The average molecular weight is 430 g/mol. The number of hydrogen-bond acceptors (Lipinski definition) is 5. The Balaban J connectivity index is 1.35. The maximum atomic E-state index is 6.17. The van der Waals surface area contributed by atoms with Crippen LogP contribution < -0.4 is 5.32 Å². The van der Waals surface area contributed by atoms with Crippen molar-refractivity contribution in [1.82, 2.24) is 20.0 Å². The first-order valence-corrected chi connectivity index (χ1v) is 12.0. The highest BCUT2D eigenvalue weighted by Gasteiger charge is 2.41. The van der Waals surface area contributed by atoms with Crippen molar-refractivity contribution >= 4 is 5.96 Å². The molecule has 3 fully saturated rings. The number of fused-ring (bicyclic) bond motifs is 1. The zero-order chi connectivity index (χ0) is 21.5. The minimum atomic E-state index is 0.257. The number of ether oxygens (including phenoxy) is 2. The van der Waals surface area contributed by atoms with E-state index >= 15 is 0 Å². The number of guanidine groups is 1. The largest absolute Gasteiger partial charge is 0.379 e. The molecule has 7 nitrogen and oxygen atoms in total. The molecule has 0 amide bonds. The molecule has 0 saturated carbocycles. The normalized spacial score (nSPS) is 26.6. The summed E-state index contributed by atoms with van der Waals surface area (Å²) in [7, 11) is 0. The molecular formula is C24H39N5O2.